The van der Waals surface area contributed by atoms with Gasteiger partial charge in [-0.1, -0.05) is 6.08 Å². The molecule has 0 bridgehead atoms. The first-order chi connectivity index (χ1) is 7.65. The third-order valence-corrected chi connectivity index (χ3v) is 3.32. The van der Waals surface area contributed by atoms with E-state index >= 15 is 0 Å². The minimum absolute atomic E-state index is 0.0218. The molecule has 0 radical (unpaired) electrons. The molecule has 16 heavy (non-hydrogen) atoms. The molecule has 2 rings (SSSR count). The molecule has 0 aromatic rings. The number of nitrogens with one attached hydrogen (secondary N) is 1. The van der Waals surface area contributed by atoms with Crippen LogP contribution in [0, 0.1) is 0 Å². The zero-order valence-corrected chi connectivity index (χ0v) is 8.97. The number of aliphatic hydroxyl groups is 3. The summed E-state index contributed by atoms with van der Waals surface area (Å²) in [5.74, 6) is 0.0218. The van der Waals surface area contributed by atoms with Crippen LogP contribution in [-0.2, 0) is 4.79 Å². The van der Waals surface area contributed by atoms with E-state index in [4.69, 9.17) is 5.11 Å². The van der Waals surface area contributed by atoms with E-state index in [-0.39, 0.29) is 12.4 Å². The summed E-state index contributed by atoms with van der Waals surface area (Å²) in [7, 11) is 0. The van der Waals surface area contributed by atoms with Crippen molar-refractivity contribution in [2.45, 2.75) is 43.6 Å². The van der Waals surface area contributed by atoms with Crippen LogP contribution in [0.25, 0.3) is 0 Å². The topological polar surface area (TPSA) is 89.8 Å². The molecule has 4 atom stereocenters. The van der Waals surface area contributed by atoms with Crippen molar-refractivity contribution in [3.63, 3.8) is 0 Å². The van der Waals surface area contributed by atoms with Gasteiger partial charge in [0.1, 0.15) is 6.10 Å². The molecule has 2 aliphatic rings. The monoisotopic (exact) mass is 227 g/mol. The van der Waals surface area contributed by atoms with Crippen molar-refractivity contribution < 1.29 is 20.1 Å². The van der Waals surface area contributed by atoms with Gasteiger partial charge in [0.25, 0.3) is 0 Å². The van der Waals surface area contributed by atoms with Gasteiger partial charge in [-0.05, 0) is 12.8 Å². The standard InChI is InChI=1S/C11H17NO4/c13-5-7-10(15)11(16)9(12-7)6-3-1-2-4-8(6)14/h3,7,9-13,15-16H,1-2,4-5H2/t7-,9-,10-,11-/m1/s1. The number of allylic oxidation sites excluding steroid dienone is 1. The predicted molar refractivity (Wildman–Crippen MR) is 56.8 cm³/mol. The second-order valence-corrected chi connectivity index (χ2v) is 4.39. The van der Waals surface area contributed by atoms with Crippen LogP contribution in [-0.4, -0.2) is 52.0 Å². The lowest BCUT2D eigenvalue weighted by molar-refractivity contribution is -0.116. The van der Waals surface area contributed by atoms with Crippen LogP contribution in [0.15, 0.2) is 11.6 Å². The Hall–Kier alpha value is -0.750. The Morgan fingerprint density at radius 1 is 1.38 bits per heavy atom. The fraction of sp³-hybridized carbons (Fsp3) is 0.727. The molecule has 0 aromatic carbocycles. The Bertz CT molecular complexity index is 315. The molecule has 0 spiro atoms. The lowest BCUT2D eigenvalue weighted by atomic mass is 9.90. The smallest absolute Gasteiger partial charge is 0.160 e. The van der Waals surface area contributed by atoms with Crippen molar-refractivity contribution in [2.75, 3.05) is 6.61 Å². The molecule has 1 saturated heterocycles. The molecule has 0 aromatic heterocycles. The maximum atomic E-state index is 11.7. The van der Waals surface area contributed by atoms with Crippen LogP contribution in [0.4, 0.5) is 0 Å². The van der Waals surface area contributed by atoms with E-state index in [1.807, 2.05) is 6.08 Å². The van der Waals surface area contributed by atoms with Crippen LogP contribution in [0.2, 0.25) is 0 Å². The van der Waals surface area contributed by atoms with Gasteiger partial charge in [0.15, 0.2) is 5.78 Å². The maximum absolute atomic E-state index is 11.7. The summed E-state index contributed by atoms with van der Waals surface area (Å²) >= 11 is 0. The zero-order chi connectivity index (χ0) is 11.7. The number of carbonyl (C=O) groups is 1. The highest BCUT2D eigenvalue weighted by atomic mass is 16.3. The molecule has 1 aliphatic carbocycles. The average molecular weight is 227 g/mol. The Morgan fingerprint density at radius 2 is 2.12 bits per heavy atom. The molecule has 90 valence electrons. The van der Waals surface area contributed by atoms with Gasteiger partial charge in [0.05, 0.1) is 24.8 Å². The molecule has 5 nitrogen and oxygen atoms in total. The van der Waals surface area contributed by atoms with Crippen molar-refractivity contribution in [3.05, 3.63) is 11.6 Å². The van der Waals surface area contributed by atoms with Crippen molar-refractivity contribution in [3.8, 4) is 0 Å². The Morgan fingerprint density at radius 3 is 2.69 bits per heavy atom. The van der Waals surface area contributed by atoms with E-state index in [0.29, 0.717) is 12.0 Å². The summed E-state index contributed by atoms with van der Waals surface area (Å²) in [4.78, 5) is 11.7. The summed E-state index contributed by atoms with van der Waals surface area (Å²) in [6, 6.07) is -1.10. The zero-order valence-electron chi connectivity index (χ0n) is 8.97. The molecule has 5 heteroatoms. The fourth-order valence-corrected chi connectivity index (χ4v) is 2.38. The van der Waals surface area contributed by atoms with E-state index in [2.05, 4.69) is 5.32 Å². The van der Waals surface area contributed by atoms with Crippen LogP contribution >= 0.6 is 0 Å². The molecule has 1 aliphatic heterocycles. The highest BCUT2D eigenvalue weighted by Crippen LogP contribution is 2.25. The second kappa shape index (κ2) is 4.63. The normalized spacial score (nSPS) is 39.9. The van der Waals surface area contributed by atoms with Gasteiger partial charge in [-0.15, -0.1) is 0 Å². The highest BCUT2D eigenvalue weighted by Gasteiger charge is 2.43. The molecule has 0 unspecified atom stereocenters. The Balaban J connectivity index is 2.16. The first-order valence-electron chi connectivity index (χ1n) is 5.61. The summed E-state index contributed by atoms with van der Waals surface area (Å²) in [6.07, 6.45) is 1.94. The van der Waals surface area contributed by atoms with E-state index in [1.54, 1.807) is 0 Å². The number of carbonyl (C=O) groups excluding carboxylic acids is 1. The van der Waals surface area contributed by atoms with Crippen molar-refractivity contribution in [1.29, 1.82) is 0 Å². The largest absolute Gasteiger partial charge is 0.395 e. The number of aliphatic hydroxyl groups excluding tert-OH is 3. The van der Waals surface area contributed by atoms with Gasteiger partial charge >= 0.3 is 0 Å². The fourth-order valence-electron chi connectivity index (χ4n) is 2.38. The predicted octanol–water partition coefficient (Wildman–Crippen LogP) is -1.28. The number of hydrogen-bond acceptors (Lipinski definition) is 5. The van der Waals surface area contributed by atoms with E-state index < -0.39 is 24.3 Å². The lowest BCUT2D eigenvalue weighted by Gasteiger charge is -2.21. The first kappa shape index (κ1) is 11.7. The minimum atomic E-state index is -1.02. The number of rotatable bonds is 2. The number of ketones is 1. The highest BCUT2D eigenvalue weighted by molar-refractivity contribution is 5.97. The summed E-state index contributed by atoms with van der Waals surface area (Å²) in [5.41, 5.74) is 0.550. The Labute approximate surface area is 93.8 Å². The first-order valence-corrected chi connectivity index (χ1v) is 5.61. The van der Waals surface area contributed by atoms with Gasteiger partial charge in [0.2, 0.25) is 0 Å². The second-order valence-electron chi connectivity index (χ2n) is 4.39. The third-order valence-electron chi connectivity index (χ3n) is 3.32. The minimum Gasteiger partial charge on any atom is -0.395 e. The van der Waals surface area contributed by atoms with E-state index in [1.165, 1.54) is 0 Å². The molecule has 4 N–H and O–H groups in total. The third kappa shape index (κ3) is 1.91. The number of hydrogen-bond donors (Lipinski definition) is 4. The van der Waals surface area contributed by atoms with Gasteiger partial charge in [-0.25, -0.2) is 0 Å². The molecular formula is C11H17NO4. The molecular weight excluding hydrogens is 210 g/mol. The summed E-state index contributed by atoms with van der Waals surface area (Å²) in [5, 5.41) is 31.3. The molecule has 1 fully saturated rings. The van der Waals surface area contributed by atoms with Crippen molar-refractivity contribution in [2.24, 2.45) is 0 Å². The van der Waals surface area contributed by atoms with Gasteiger partial charge < -0.3 is 20.6 Å². The van der Waals surface area contributed by atoms with Crippen LogP contribution < -0.4 is 5.32 Å². The van der Waals surface area contributed by atoms with Crippen LogP contribution in [0.5, 0.6) is 0 Å². The van der Waals surface area contributed by atoms with Crippen molar-refractivity contribution >= 4 is 5.78 Å². The van der Waals surface area contributed by atoms with Gasteiger partial charge in [-0.3, -0.25) is 4.79 Å². The Kier molecular flexibility index (Phi) is 3.39. The summed E-state index contributed by atoms with van der Waals surface area (Å²) in [6.45, 7) is -0.254. The van der Waals surface area contributed by atoms with Gasteiger partial charge in [-0.2, -0.15) is 0 Å². The van der Waals surface area contributed by atoms with Crippen LogP contribution in [0.3, 0.4) is 0 Å². The molecule has 1 heterocycles. The van der Waals surface area contributed by atoms with E-state index in [0.717, 1.165) is 12.8 Å². The van der Waals surface area contributed by atoms with Gasteiger partial charge in [0, 0.05) is 12.0 Å². The van der Waals surface area contributed by atoms with Crippen LogP contribution in [0.1, 0.15) is 19.3 Å². The average Bonchev–Trinajstić information content (AvgIpc) is 2.57. The SMILES string of the molecule is O=C1CCCC=C1[C@H]1N[C@H](CO)[C@@H](O)[C@@H]1O. The number of Topliss-reactive ketones (excluding diaryl/α,β-unsaturated/α-hetero) is 1. The maximum Gasteiger partial charge on any atom is 0.160 e. The summed E-state index contributed by atoms with van der Waals surface area (Å²) < 4.78 is 0. The van der Waals surface area contributed by atoms with E-state index in [9.17, 15) is 15.0 Å². The van der Waals surface area contributed by atoms with Crippen molar-refractivity contribution in [1.82, 2.24) is 5.32 Å². The quantitative estimate of drug-likeness (QED) is 0.472. The molecule has 0 saturated carbocycles. The molecule has 0 amide bonds. The lowest BCUT2D eigenvalue weighted by Crippen LogP contribution is -2.39.